The summed E-state index contributed by atoms with van der Waals surface area (Å²) in [6.07, 6.45) is -4.82. The standard InChI is InChI=1S/C20H20N4O.2C2HF3O2/c1-14-13-16(8-10-21-14)19-17-7-3-2-5-15(17)6-4-12-24(19)20(25)18-9-11-22-23-18;2*3-2(4,5)1(6)7/h2-3,5,7-11,13,19H,4,6,12H2,1H3,(H,22,23);2*(H,6,7). The summed E-state index contributed by atoms with van der Waals surface area (Å²) in [6.45, 7) is 2.69. The van der Waals surface area contributed by atoms with Gasteiger partial charge in [0.1, 0.15) is 5.69 Å². The van der Waals surface area contributed by atoms with E-state index in [1.54, 1.807) is 12.3 Å². The van der Waals surface area contributed by atoms with Crippen molar-refractivity contribution in [1.29, 1.82) is 0 Å². The van der Waals surface area contributed by atoms with Crippen LogP contribution in [-0.2, 0) is 16.0 Å². The third kappa shape index (κ3) is 8.83. The van der Waals surface area contributed by atoms with Gasteiger partial charge in [0, 0.05) is 24.6 Å². The molecule has 1 unspecified atom stereocenters. The monoisotopic (exact) mass is 560 g/mol. The highest BCUT2D eigenvalue weighted by atomic mass is 19.4. The molecule has 3 aromatic rings. The van der Waals surface area contributed by atoms with Gasteiger partial charge in [-0.05, 0) is 54.7 Å². The number of benzene rings is 1. The summed E-state index contributed by atoms with van der Waals surface area (Å²) in [7, 11) is 0. The summed E-state index contributed by atoms with van der Waals surface area (Å²) >= 11 is 0. The third-order valence-electron chi connectivity index (χ3n) is 5.22. The summed E-state index contributed by atoms with van der Waals surface area (Å²) in [5.41, 5.74) is 5.07. The van der Waals surface area contributed by atoms with Gasteiger partial charge in [-0.25, -0.2) is 9.59 Å². The Hall–Kier alpha value is -4.43. The second-order valence-electron chi connectivity index (χ2n) is 8.01. The van der Waals surface area contributed by atoms with E-state index in [-0.39, 0.29) is 11.9 Å². The van der Waals surface area contributed by atoms with Crippen LogP contribution in [0.2, 0.25) is 0 Å². The second kappa shape index (κ2) is 12.9. The van der Waals surface area contributed by atoms with E-state index in [2.05, 4.69) is 39.4 Å². The second-order valence-corrected chi connectivity index (χ2v) is 8.01. The Morgan fingerprint density at radius 2 is 1.54 bits per heavy atom. The van der Waals surface area contributed by atoms with Gasteiger partial charge in [0.05, 0.1) is 6.04 Å². The molecule has 1 amide bonds. The van der Waals surface area contributed by atoms with Gasteiger partial charge in [-0.15, -0.1) is 0 Å². The number of hydrogen-bond donors (Lipinski definition) is 3. The van der Waals surface area contributed by atoms with Crippen LogP contribution >= 0.6 is 0 Å². The van der Waals surface area contributed by atoms with Crippen LogP contribution in [0.5, 0.6) is 0 Å². The van der Waals surface area contributed by atoms with Gasteiger partial charge < -0.3 is 15.1 Å². The van der Waals surface area contributed by atoms with Crippen molar-refractivity contribution >= 4 is 17.8 Å². The van der Waals surface area contributed by atoms with Crippen molar-refractivity contribution in [3.63, 3.8) is 0 Å². The number of alkyl halides is 6. The van der Waals surface area contributed by atoms with Gasteiger partial charge in [-0.2, -0.15) is 31.4 Å². The minimum Gasteiger partial charge on any atom is -0.475 e. The predicted octanol–water partition coefficient (Wildman–Crippen LogP) is 4.56. The lowest BCUT2D eigenvalue weighted by Crippen LogP contribution is -2.36. The summed E-state index contributed by atoms with van der Waals surface area (Å²) in [6, 6.07) is 14.1. The summed E-state index contributed by atoms with van der Waals surface area (Å²) in [4.78, 5) is 37.2. The maximum atomic E-state index is 13.1. The number of aromatic amines is 1. The van der Waals surface area contributed by atoms with Crippen LogP contribution in [0.3, 0.4) is 0 Å². The molecular formula is C24H22F6N4O5. The molecule has 3 heterocycles. The molecule has 0 spiro atoms. The Morgan fingerprint density at radius 3 is 2.05 bits per heavy atom. The molecule has 15 heteroatoms. The fourth-order valence-corrected chi connectivity index (χ4v) is 3.61. The summed E-state index contributed by atoms with van der Waals surface area (Å²) in [5, 5.41) is 21.0. The van der Waals surface area contributed by atoms with E-state index in [9.17, 15) is 31.1 Å². The molecular weight excluding hydrogens is 538 g/mol. The molecule has 3 N–H and O–H groups in total. The van der Waals surface area contributed by atoms with Gasteiger partial charge >= 0.3 is 24.3 Å². The number of aryl methyl sites for hydroxylation is 2. The van der Waals surface area contributed by atoms with Crippen LogP contribution in [0.25, 0.3) is 0 Å². The molecule has 210 valence electrons. The van der Waals surface area contributed by atoms with Crippen molar-refractivity contribution in [3.8, 4) is 0 Å². The number of aromatic nitrogens is 3. The molecule has 0 saturated heterocycles. The molecule has 39 heavy (non-hydrogen) atoms. The van der Waals surface area contributed by atoms with E-state index in [1.807, 2.05) is 30.2 Å². The van der Waals surface area contributed by atoms with Gasteiger partial charge in [-0.1, -0.05) is 24.3 Å². The lowest BCUT2D eigenvalue weighted by molar-refractivity contribution is -0.193. The fourth-order valence-electron chi connectivity index (χ4n) is 3.61. The maximum absolute atomic E-state index is 13.1. The molecule has 1 aliphatic heterocycles. The molecule has 0 radical (unpaired) electrons. The van der Waals surface area contributed by atoms with Gasteiger partial charge in [0.25, 0.3) is 5.91 Å². The Bertz CT molecular complexity index is 1250. The molecule has 1 aliphatic rings. The smallest absolute Gasteiger partial charge is 0.475 e. The fraction of sp³-hybridized carbons (Fsp3) is 0.292. The van der Waals surface area contributed by atoms with Crippen LogP contribution in [0.1, 0.15) is 45.3 Å². The number of nitrogens with one attached hydrogen (secondary N) is 1. The summed E-state index contributed by atoms with van der Waals surface area (Å²) < 4.78 is 63.5. The van der Waals surface area contributed by atoms with E-state index in [0.717, 1.165) is 24.1 Å². The highest BCUT2D eigenvalue weighted by molar-refractivity contribution is 5.92. The number of aliphatic carboxylic acids is 2. The molecule has 0 aliphatic carbocycles. The number of H-pyrrole nitrogens is 1. The number of halogens is 6. The normalized spacial score (nSPS) is 14.9. The molecule has 0 saturated carbocycles. The number of carboxylic acid groups (broad SMARTS) is 2. The predicted molar refractivity (Wildman–Crippen MR) is 123 cm³/mol. The molecule has 1 atom stereocenters. The van der Waals surface area contributed by atoms with Crippen molar-refractivity contribution in [1.82, 2.24) is 20.1 Å². The van der Waals surface area contributed by atoms with Crippen LogP contribution in [0.4, 0.5) is 26.3 Å². The van der Waals surface area contributed by atoms with Gasteiger partial charge in [-0.3, -0.25) is 14.9 Å². The number of carbonyl (C=O) groups is 3. The van der Waals surface area contributed by atoms with E-state index in [0.29, 0.717) is 12.2 Å². The average Bonchev–Trinajstić information content (AvgIpc) is 3.31. The Balaban J connectivity index is 0.000000317. The number of fused-ring (bicyclic) bond motifs is 1. The SMILES string of the molecule is Cc1cc(C2c3ccccc3CCCN2C(=O)c2ccn[nH]2)ccn1.O=C(O)C(F)(F)F.O=C(O)C(F)(F)F. The largest absolute Gasteiger partial charge is 0.490 e. The zero-order chi connectivity index (χ0) is 29.4. The highest BCUT2D eigenvalue weighted by Gasteiger charge is 2.39. The highest BCUT2D eigenvalue weighted by Crippen LogP contribution is 2.35. The van der Waals surface area contributed by atoms with Crippen LogP contribution in [0.15, 0.2) is 54.9 Å². The number of carbonyl (C=O) groups excluding carboxylic acids is 1. The first-order valence-electron chi connectivity index (χ1n) is 11.0. The number of rotatable bonds is 2. The van der Waals surface area contributed by atoms with E-state index in [4.69, 9.17) is 19.8 Å². The minimum absolute atomic E-state index is 0.0198. The number of carboxylic acids is 2. The molecule has 1 aromatic carbocycles. The average molecular weight is 560 g/mol. The van der Waals surface area contributed by atoms with Crippen molar-refractivity contribution in [3.05, 3.63) is 82.9 Å². The quantitative estimate of drug-likeness (QED) is 0.391. The summed E-state index contributed by atoms with van der Waals surface area (Å²) in [5.74, 6) is -5.53. The zero-order valence-corrected chi connectivity index (χ0v) is 20.1. The van der Waals surface area contributed by atoms with Crippen molar-refractivity contribution in [2.24, 2.45) is 0 Å². The molecule has 2 aromatic heterocycles. The Morgan fingerprint density at radius 1 is 0.949 bits per heavy atom. The molecule has 9 nitrogen and oxygen atoms in total. The molecule has 0 bridgehead atoms. The molecule has 0 fully saturated rings. The minimum atomic E-state index is -5.08. The lowest BCUT2D eigenvalue weighted by atomic mass is 9.93. The maximum Gasteiger partial charge on any atom is 0.490 e. The number of nitrogens with zero attached hydrogens (tertiary/aromatic N) is 3. The molecule has 4 rings (SSSR count). The topological polar surface area (TPSA) is 136 Å². The van der Waals surface area contributed by atoms with E-state index < -0.39 is 24.3 Å². The first-order valence-corrected chi connectivity index (χ1v) is 11.0. The van der Waals surface area contributed by atoms with Gasteiger partial charge in [0.2, 0.25) is 0 Å². The Labute approximate surface area is 217 Å². The third-order valence-corrected chi connectivity index (χ3v) is 5.22. The number of hydrogen-bond acceptors (Lipinski definition) is 5. The van der Waals surface area contributed by atoms with E-state index in [1.165, 1.54) is 11.1 Å². The number of amides is 1. The zero-order valence-electron chi connectivity index (χ0n) is 20.1. The van der Waals surface area contributed by atoms with Crippen LogP contribution in [0, 0.1) is 6.92 Å². The first kappa shape index (κ1) is 30.8. The lowest BCUT2D eigenvalue weighted by Gasteiger charge is -2.31. The van der Waals surface area contributed by atoms with Gasteiger partial charge in [0.15, 0.2) is 0 Å². The van der Waals surface area contributed by atoms with E-state index >= 15 is 0 Å². The van der Waals surface area contributed by atoms with Crippen LogP contribution in [-0.4, -0.2) is 67.0 Å². The van der Waals surface area contributed by atoms with Crippen molar-refractivity contribution in [2.45, 2.75) is 38.2 Å². The van der Waals surface area contributed by atoms with Crippen molar-refractivity contribution in [2.75, 3.05) is 6.54 Å². The number of pyridine rings is 1. The first-order chi connectivity index (χ1) is 18.1. The Kier molecular flexibility index (Phi) is 10.2. The van der Waals surface area contributed by atoms with Crippen molar-refractivity contribution < 1.29 is 50.9 Å². The van der Waals surface area contributed by atoms with Crippen LogP contribution < -0.4 is 0 Å².